The molecule has 0 radical (unpaired) electrons. The van der Waals surface area contributed by atoms with Gasteiger partial charge in [0.1, 0.15) is 0 Å². The van der Waals surface area contributed by atoms with Crippen molar-refractivity contribution in [1.82, 2.24) is 9.97 Å². The number of nitrogens with two attached hydrogens (primary N) is 1. The molecule has 1 aromatic carbocycles. The van der Waals surface area contributed by atoms with E-state index >= 15 is 0 Å². The molecule has 2 aromatic rings. The molecule has 0 fully saturated rings. The molecule has 0 amide bonds. The second-order valence-electron chi connectivity index (χ2n) is 3.91. The van der Waals surface area contributed by atoms with E-state index in [1.807, 2.05) is 6.07 Å². The average Bonchev–Trinajstić information content (AvgIpc) is 2.34. The standard InChI is InChI=1S/C13H15N3S/c1-9-3-4-10(2)12(7-9)17-13-15-6-5-11(8-14)16-13/h3-7H,8,14H2,1-2H3. The van der Waals surface area contributed by atoms with E-state index in [-0.39, 0.29) is 0 Å². The fourth-order valence-corrected chi connectivity index (χ4v) is 2.40. The number of aryl methyl sites for hydroxylation is 2. The van der Waals surface area contributed by atoms with E-state index in [1.54, 1.807) is 18.0 Å². The SMILES string of the molecule is Cc1ccc(C)c(Sc2nccc(CN)n2)c1. The number of hydrogen-bond donors (Lipinski definition) is 1. The van der Waals surface area contributed by atoms with Gasteiger partial charge in [0.25, 0.3) is 0 Å². The van der Waals surface area contributed by atoms with Gasteiger partial charge in [-0.1, -0.05) is 12.1 Å². The summed E-state index contributed by atoms with van der Waals surface area (Å²) >= 11 is 1.58. The van der Waals surface area contributed by atoms with Crippen LogP contribution in [0, 0.1) is 13.8 Å². The van der Waals surface area contributed by atoms with Crippen LogP contribution in [-0.4, -0.2) is 9.97 Å². The van der Waals surface area contributed by atoms with Gasteiger partial charge in [-0.05, 0) is 48.9 Å². The van der Waals surface area contributed by atoms with Gasteiger partial charge < -0.3 is 5.73 Å². The molecule has 0 saturated carbocycles. The molecule has 0 aliphatic carbocycles. The van der Waals surface area contributed by atoms with E-state index in [9.17, 15) is 0 Å². The summed E-state index contributed by atoms with van der Waals surface area (Å²) in [4.78, 5) is 9.83. The molecule has 2 N–H and O–H groups in total. The molecule has 3 nitrogen and oxygen atoms in total. The summed E-state index contributed by atoms with van der Waals surface area (Å²) < 4.78 is 0. The summed E-state index contributed by atoms with van der Waals surface area (Å²) in [5, 5.41) is 0.752. The van der Waals surface area contributed by atoms with E-state index in [4.69, 9.17) is 5.73 Å². The van der Waals surface area contributed by atoms with Crippen molar-refractivity contribution in [3.05, 3.63) is 47.3 Å². The molecule has 0 spiro atoms. The number of rotatable bonds is 3. The first-order valence-electron chi connectivity index (χ1n) is 5.46. The maximum Gasteiger partial charge on any atom is 0.192 e. The Kier molecular flexibility index (Phi) is 3.76. The number of benzene rings is 1. The van der Waals surface area contributed by atoms with Gasteiger partial charge in [0, 0.05) is 17.6 Å². The fraction of sp³-hybridized carbons (Fsp3) is 0.231. The Morgan fingerprint density at radius 2 is 2.06 bits per heavy atom. The molecule has 0 unspecified atom stereocenters. The minimum absolute atomic E-state index is 0.447. The third-order valence-corrected chi connectivity index (χ3v) is 3.48. The highest BCUT2D eigenvalue weighted by atomic mass is 32.2. The van der Waals surface area contributed by atoms with Crippen LogP contribution in [0.4, 0.5) is 0 Å². The quantitative estimate of drug-likeness (QED) is 0.845. The van der Waals surface area contributed by atoms with E-state index in [0.29, 0.717) is 6.54 Å². The molecule has 17 heavy (non-hydrogen) atoms. The largest absolute Gasteiger partial charge is 0.325 e. The maximum absolute atomic E-state index is 5.57. The molecule has 0 aliphatic rings. The van der Waals surface area contributed by atoms with E-state index < -0.39 is 0 Å². The summed E-state index contributed by atoms with van der Waals surface area (Å²) in [5.41, 5.74) is 8.92. The van der Waals surface area contributed by atoms with Crippen molar-refractivity contribution >= 4 is 11.8 Å². The first-order valence-corrected chi connectivity index (χ1v) is 6.28. The highest BCUT2D eigenvalue weighted by Crippen LogP contribution is 2.28. The Balaban J connectivity index is 2.27. The molecule has 88 valence electrons. The van der Waals surface area contributed by atoms with Gasteiger partial charge in [-0.15, -0.1) is 0 Å². The highest BCUT2D eigenvalue weighted by molar-refractivity contribution is 7.99. The Morgan fingerprint density at radius 3 is 2.82 bits per heavy atom. The lowest BCUT2D eigenvalue weighted by atomic mass is 10.2. The minimum atomic E-state index is 0.447. The molecular weight excluding hydrogens is 230 g/mol. The van der Waals surface area contributed by atoms with E-state index in [2.05, 4.69) is 42.0 Å². The van der Waals surface area contributed by atoms with Crippen molar-refractivity contribution in [1.29, 1.82) is 0 Å². The van der Waals surface area contributed by atoms with Crippen LogP contribution in [0.15, 0.2) is 40.5 Å². The normalized spacial score (nSPS) is 10.5. The third kappa shape index (κ3) is 3.05. The predicted octanol–water partition coefficient (Wildman–Crippen LogP) is 2.70. The van der Waals surface area contributed by atoms with Gasteiger partial charge in [0.2, 0.25) is 0 Å². The zero-order chi connectivity index (χ0) is 12.3. The van der Waals surface area contributed by atoms with Crippen molar-refractivity contribution in [2.24, 2.45) is 5.73 Å². The lowest BCUT2D eigenvalue weighted by molar-refractivity contribution is 0.874. The van der Waals surface area contributed by atoms with Crippen LogP contribution in [0.25, 0.3) is 0 Å². The summed E-state index contributed by atoms with van der Waals surface area (Å²) in [6.45, 7) is 4.62. The van der Waals surface area contributed by atoms with Crippen LogP contribution in [0.3, 0.4) is 0 Å². The van der Waals surface area contributed by atoms with Crippen LogP contribution in [0.5, 0.6) is 0 Å². The molecule has 0 aliphatic heterocycles. The lowest BCUT2D eigenvalue weighted by Gasteiger charge is -2.06. The van der Waals surface area contributed by atoms with Crippen LogP contribution >= 0.6 is 11.8 Å². The van der Waals surface area contributed by atoms with Crippen molar-refractivity contribution in [2.75, 3.05) is 0 Å². The van der Waals surface area contributed by atoms with E-state index in [1.165, 1.54) is 16.0 Å². The van der Waals surface area contributed by atoms with Crippen molar-refractivity contribution in [3.8, 4) is 0 Å². The summed E-state index contributed by atoms with van der Waals surface area (Å²) in [6.07, 6.45) is 1.75. The Labute approximate surface area is 105 Å². The molecule has 2 rings (SSSR count). The first-order chi connectivity index (χ1) is 8.19. The first kappa shape index (κ1) is 12.1. The minimum Gasteiger partial charge on any atom is -0.325 e. The summed E-state index contributed by atoms with van der Waals surface area (Å²) in [5.74, 6) is 0. The molecule has 1 aromatic heterocycles. The number of aromatic nitrogens is 2. The lowest BCUT2D eigenvalue weighted by Crippen LogP contribution is -2.00. The van der Waals surface area contributed by atoms with Gasteiger partial charge in [-0.3, -0.25) is 0 Å². The van der Waals surface area contributed by atoms with Crippen molar-refractivity contribution in [2.45, 2.75) is 30.4 Å². The molecule has 0 atom stereocenters. The smallest absolute Gasteiger partial charge is 0.192 e. The number of hydrogen-bond acceptors (Lipinski definition) is 4. The predicted molar refractivity (Wildman–Crippen MR) is 70.0 cm³/mol. The highest BCUT2D eigenvalue weighted by Gasteiger charge is 2.04. The Morgan fingerprint density at radius 1 is 1.24 bits per heavy atom. The monoisotopic (exact) mass is 245 g/mol. The summed E-state index contributed by atoms with van der Waals surface area (Å²) in [6, 6.07) is 8.21. The molecule has 0 bridgehead atoms. The molecule has 4 heteroatoms. The van der Waals surface area contributed by atoms with Crippen LogP contribution in [-0.2, 0) is 6.54 Å². The van der Waals surface area contributed by atoms with Gasteiger partial charge in [0.15, 0.2) is 5.16 Å². The van der Waals surface area contributed by atoms with Gasteiger partial charge in [-0.25, -0.2) is 9.97 Å². The van der Waals surface area contributed by atoms with Gasteiger partial charge in [0.05, 0.1) is 5.69 Å². The zero-order valence-electron chi connectivity index (χ0n) is 9.97. The Bertz CT molecular complexity index is 526. The summed E-state index contributed by atoms with van der Waals surface area (Å²) in [7, 11) is 0. The van der Waals surface area contributed by atoms with Gasteiger partial charge in [-0.2, -0.15) is 0 Å². The number of nitrogens with zero attached hydrogens (tertiary/aromatic N) is 2. The van der Waals surface area contributed by atoms with Crippen LogP contribution < -0.4 is 5.73 Å². The third-order valence-electron chi connectivity index (χ3n) is 2.45. The van der Waals surface area contributed by atoms with Crippen molar-refractivity contribution in [3.63, 3.8) is 0 Å². The maximum atomic E-state index is 5.57. The molecular formula is C13H15N3S. The zero-order valence-corrected chi connectivity index (χ0v) is 10.8. The van der Waals surface area contributed by atoms with E-state index in [0.717, 1.165) is 10.9 Å². The second-order valence-corrected chi connectivity index (χ2v) is 4.91. The topological polar surface area (TPSA) is 51.8 Å². The van der Waals surface area contributed by atoms with Crippen LogP contribution in [0.2, 0.25) is 0 Å². The fourth-order valence-electron chi connectivity index (χ4n) is 1.45. The Hall–Kier alpha value is -1.39. The molecule has 1 heterocycles. The second kappa shape index (κ2) is 5.29. The van der Waals surface area contributed by atoms with Gasteiger partial charge >= 0.3 is 0 Å². The molecule has 0 saturated heterocycles. The van der Waals surface area contributed by atoms with Crippen LogP contribution in [0.1, 0.15) is 16.8 Å². The van der Waals surface area contributed by atoms with Crippen molar-refractivity contribution < 1.29 is 0 Å². The average molecular weight is 245 g/mol.